The van der Waals surface area contributed by atoms with Gasteiger partial charge in [0.2, 0.25) is 5.91 Å². The largest absolute Gasteiger partial charge is 0.494 e. The molecule has 1 saturated carbocycles. The van der Waals surface area contributed by atoms with E-state index >= 15 is 0 Å². The third kappa shape index (κ3) is 11.9. The third-order valence-corrected chi connectivity index (χ3v) is 15.3. The molecule has 1 spiro atoms. The zero-order valence-electron chi connectivity index (χ0n) is 39.6. The van der Waals surface area contributed by atoms with Crippen molar-refractivity contribution in [3.63, 3.8) is 0 Å². The summed E-state index contributed by atoms with van der Waals surface area (Å²) >= 11 is 6.32. The minimum Gasteiger partial charge on any atom is -0.494 e. The van der Waals surface area contributed by atoms with Crippen LogP contribution >= 0.6 is 11.6 Å². The second kappa shape index (κ2) is 22.4. The molecule has 13 heteroatoms. The Labute approximate surface area is 405 Å². The molecule has 2 fully saturated rings. The average molecular weight is 951 g/mol. The zero-order valence-corrected chi connectivity index (χ0v) is 40.4. The number of rotatable bonds is 21. The number of hydrogen-bond acceptors (Lipinski definition) is 9. The van der Waals surface area contributed by atoms with E-state index in [1.54, 1.807) is 12.1 Å². The van der Waals surface area contributed by atoms with Gasteiger partial charge in [-0.3, -0.25) is 9.78 Å². The van der Waals surface area contributed by atoms with Gasteiger partial charge in [0.25, 0.3) is 0 Å². The number of aliphatic carboxylic acids is 2. The van der Waals surface area contributed by atoms with Crippen molar-refractivity contribution in [2.45, 2.75) is 146 Å². The van der Waals surface area contributed by atoms with E-state index in [0.717, 1.165) is 75.0 Å². The Balaban J connectivity index is 0.895. The zero-order chi connectivity index (χ0) is 47.7. The lowest BCUT2D eigenvalue weighted by molar-refractivity contribution is -0.144. The fourth-order valence-electron chi connectivity index (χ4n) is 11.4. The summed E-state index contributed by atoms with van der Waals surface area (Å²) in [6, 6.07) is 21.8. The minimum absolute atomic E-state index is 0.102. The molecular weight excluding hydrogens is 882 g/mol. The Bertz CT molecular complexity index is 2380. The number of hydrogen-bond donors (Lipinski definition) is 4. The topological polar surface area (TPSA) is 166 Å². The molecule has 8 rings (SSSR count). The van der Waals surface area contributed by atoms with Gasteiger partial charge in [0.1, 0.15) is 28.8 Å². The highest BCUT2D eigenvalue weighted by Gasteiger charge is 2.54. The van der Waals surface area contributed by atoms with Crippen molar-refractivity contribution in [1.29, 1.82) is 0 Å². The van der Waals surface area contributed by atoms with E-state index in [-0.39, 0.29) is 48.7 Å². The fourth-order valence-corrected chi connectivity index (χ4v) is 11.6. The number of carboxylic acid groups (broad SMARTS) is 2. The molecule has 4 N–H and O–H groups in total. The van der Waals surface area contributed by atoms with Gasteiger partial charge < -0.3 is 39.8 Å². The van der Waals surface area contributed by atoms with Crippen LogP contribution in [0.1, 0.15) is 131 Å². The maximum atomic E-state index is 13.1. The van der Waals surface area contributed by atoms with Crippen molar-refractivity contribution in [1.82, 2.24) is 10.3 Å². The summed E-state index contributed by atoms with van der Waals surface area (Å²) in [4.78, 5) is 43.2. The number of anilines is 1. The first-order valence-electron chi connectivity index (χ1n) is 24.9. The van der Waals surface area contributed by atoms with Gasteiger partial charge in [-0.2, -0.15) is 0 Å². The number of aryl methyl sites for hydroxylation is 1. The van der Waals surface area contributed by atoms with Crippen LogP contribution in [0.25, 0.3) is 0 Å². The first-order chi connectivity index (χ1) is 32.9. The van der Waals surface area contributed by atoms with Gasteiger partial charge in [0.15, 0.2) is 0 Å². The van der Waals surface area contributed by atoms with E-state index in [4.69, 9.17) is 30.5 Å². The molecular formula is C55H68ClN3O9. The second-order valence-corrected chi connectivity index (χ2v) is 20.3. The molecule has 2 heterocycles. The lowest BCUT2D eigenvalue weighted by atomic mass is 9.59. The van der Waals surface area contributed by atoms with Crippen molar-refractivity contribution >= 4 is 35.1 Å². The fraction of sp³-hybridized carbons (Fsp3) is 0.527. The number of nitrogens with zero attached hydrogens (tertiary/aromatic N) is 1. The summed E-state index contributed by atoms with van der Waals surface area (Å²) in [6.45, 7) is 6.67. The van der Waals surface area contributed by atoms with Crippen LogP contribution in [-0.2, 0) is 43.8 Å². The number of benzene rings is 3. The molecule has 1 saturated heterocycles. The molecule has 12 nitrogen and oxygen atoms in total. The lowest BCUT2D eigenvalue weighted by Crippen LogP contribution is -2.53. The summed E-state index contributed by atoms with van der Waals surface area (Å²) in [5, 5.41) is 27.4. The van der Waals surface area contributed by atoms with E-state index in [2.05, 4.69) is 41.6 Å². The first kappa shape index (κ1) is 49.1. The smallest absolute Gasteiger partial charge is 0.329 e. The van der Waals surface area contributed by atoms with Crippen LogP contribution in [0, 0.1) is 11.8 Å². The van der Waals surface area contributed by atoms with E-state index in [1.807, 2.05) is 54.7 Å². The maximum absolute atomic E-state index is 13.1. The van der Waals surface area contributed by atoms with Crippen molar-refractivity contribution < 1.29 is 43.5 Å². The molecule has 4 aliphatic rings. The molecule has 1 amide bonds. The third-order valence-electron chi connectivity index (χ3n) is 15.0. The van der Waals surface area contributed by atoms with Crippen molar-refractivity contribution in [3.05, 3.63) is 112 Å². The summed E-state index contributed by atoms with van der Waals surface area (Å²) in [7, 11) is 0. The van der Waals surface area contributed by atoms with Crippen LogP contribution in [0.3, 0.4) is 0 Å². The van der Waals surface area contributed by atoms with Gasteiger partial charge >= 0.3 is 11.9 Å². The second-order valence-electron chi connectivity index (χ2n) is 19.9. The monoisotopic (exact) mass is 949 g/mol. The lowest BCUT2D eigenvalue weighted by Gasteiger charge is -2.47. The van der Waals surface area contributed by atoms with Crippen molar-refractivity contribution in [2.24, 2.45) is 11.8 Å². The molecule has 0 bridgehead atoms. The number of carbonyl (C=O) groups is 3. The van der Waals surface area contributed by atoms with Gasteiger partial charge in [-0.25, -0.2) is 9.59 Å². The number of carboxylic acids is 2. The molecule has 1 aromatic heterocycles. The van der Waals surface area contributed by atoms with Gasteiger partial charge in [0, 0.05) is 54.0 Å². The van der Waals surface area contributed by atoms with E-state index < -0.39 is 23.5 Å². The number of fused-ring (bicyclic) bond motifs is 3. The van der Waals surface area contributed by atoms with Crippen LogP contribution in [0.15, 0.2) is 79.0 Å². The predicted molar refractivity (Wildman–Crippen MR) is 262 cm³/mol. The van der Waals surface area contributed by atoms with Gasteiger partial charge in [-0.15, -0.1) is 0 Å². The maximum Gasteiger partial charge on any atom is 0.329 e. The number of carbonyl (C=O) groups excluding carboxylic acids is 1. The standard InChI is InChI=1S/C55H68ClN3O9/c1-36(35-68-49-19-25-57-47-15-5-9-37(2)51(47)49)29-40-32-39-17-18-45(34-46(39)54(40)21-23-55(24-22-54,53(63)64)59-42-12-7-11-41(56)33-42)66-27-8-16-50(60)58-48(52(61)62)31-38-10-6-14-44(30-38)67-28-20-43-13-3-4-26-65-43/h6-7,10-12,14,17-19,25,30,33-34,36-37,40,43,48,59H,3-5,8-9,13,15-16,20-24,26-29,31-32,35H2,1-2H3,(H,58,60)(H,61,62)(H,63,64)/t36-,37-,40?,43?,48?,54?,55?/m1/s1. The molecule has 3 unspecified atom stereocenters. The Morgan fingerprint density at radius 1 is 0.912 bits per heavy atom. The minimum atomic E-state index is -1.15. The van der Waals surface area contributed by atoms with Crippen LogP contribution < -0.4 is 24.8 Å². The summed E-state index contributed by atoms with van der Waals surface area (Å²) in [6.07, 6.45) is 14.1. The van der Waals surface area contributed by atoms with E-state index in [9.17, 15) is 24.6 Å². The van der Waals surface area contributed by atoms with Crippen molar-refractivity contribution in [2.75, 3.05) is 31.7 Å². The van der Waals surface area contributed by atoms with Crippen LogP contribution in [-0.4, -0.2) is 77.2 Å². The Morgan fingerprint density at radius 2 is 1.72 bits per heavy atom. The highest BCUT2D eigenvalue weighted by atomic mass is 35.5. The SMILES string of the molecule is C[C@@H](COc1ccnc2c1[C@H](C)CCC2)CC1Cc2ccc(OCCCC(=O)NC(Cc3cccc(OCCC4CCCCO4)c3)C(=O)O)cc2C12CCC(Nc1cccc(Cl)c1)(C(=O)O)CC2. The Hall–Kier alpha value is -5.33. The Morgan fingerprint density at radius 3 is 2.50 bits per heavy atom. The quantitative estimate of drug-likeness (QED) is 0.0588. The van der Waals surface area contributed by atoms with Crippen LogP contribution in [0.4, 0.5) is 5.69 Å². The molecule has 4 aromatic rings. The number of halogens is 1. The molecule has 364 valence electrons. The molecule has 0 radical (unpaired) electrons. The number of aromatic nitrogens is 1. The van der Waals surface area contributed by atoms with Crippen LogP contribution in [0.5, 0.6) is 17.2 Å². The van der Waals surface area contributed by atoms with Gasteiger partial charge in [-0.05, 0) is 172 Å². The molecule has 68 heavy (non-hydrogen) atoms. The van der Waals surface area contributed by atoms with Crippen LogP contribution in [0.2, 0.25) is 5.02 Å². The predicted octanol–water partition coefficient (Wildman–Crippen LogP) is 10.5. The van der Waals surface area contributed by atoms with Gasteiger partial charge in [0.05, 0.1) is 25.9 Å². The number of amides is 1. The Kier molecular flexibility index (Phi) is 16.2. The first-order valence-corrected chi connectivity index (χ1v) is 25.3. The molecule has 5 atom stereocenters. The number of pyridine rings is 1. The highest BCUT2D eigenvalue weighted by Crippen LogP contribution is 2.57. The van der Waals surface area contributed by atoms with E-state index in [0.29, 0.717) is 73.4 Å². The normalized spacial score (nSPS) is 24.0. The highest BCUT2D eigenvalue weighted by molar-refractivity contribution is 6.30. The summed E-state index contributed by atoms with van der Waals surface area (Å²) < 4.78 is 24.7. The van der Waals surface area contributed by atoms with Gasteiger partial charge in [-0.1, -0.05) is 49.7 Å². The van der Waals surface area contributed by atoms with Crippen molar-refractivity contribution in [3.8, 4) is 17.2 Å². The number of nitrogens with one attached hydrogen (secondary N) is 2. The van der Waals surface area contributed by atoms with E-state index in [1.165, 1.54) is 23.1 Å². The number of ether oxygens (including phenoxy) is 4. The molecule has 3 aliphatic carbocycles. The summed E-state index contributed by atoms with van der Waals surface area (Å²) in [5.41, 5.74) is 4.89. The summed E-state index contributed by atoms with van der Waals surface area (Å²) in [5.74, 6) is 0.883. The average Bonchev–Trinajstić information content (AvgIpc) is 3.61. The molecule has 3 aromatic carbocycles. The molecule has 1 aliphatic heterocycles.